The first-order valence-electron chi connectivity index (χ1n) is 13.6. The molecule has 1 atom stereocenters. The number of ketones is 1. The Morgan fingerprint density at radius 3 is 2.39 bits per heavy atom. The highest BCUT2D eigenvalue weighted by Crippen LogP contribution is 2.41. The summed E-state index contributed by atoms with van der Waals surface area (Å²) < 4.78 is 30.3. The number of amides is 1. The molecule has 0 radical (unpaired) electrons. The van der Waals surface area contributed by atoms with Gasteiger partial charge in [0.2, 0.25) is 0 Å². The monoisotopic (exact) mass is 561 g/mol. The molecule has 0 spiro atoms. The molecule has 3 aromatic rings. The van der Waals surface area contributed by atoms with Gasteiger partial charge in [-0.2, -0.15) is 0 Å². The van der Waals surface area contributed by atoms with Gasteiger partial charge in [0.1, 0.15) is 29.7 Å². The zero-order valence-electron chi connectivity index (χ0n) is 24.1. The largest absolute Gasteiger partial charge is 0.507 e. The molecule has 1 saturated heterocycles. The smallest absolute Gasteiger partial charge is 0.295 e. The number of methoxy groups -OCH3 is 1. The van der Waals surface area contributed by atoms with Gasteiger partial charge in [0.25, 0.3) is 11.7 Å². The lowest BCUT2D eigenvalue weighted by molar-refractivity contribution is -0.140. The molecule has 1 fully saturated rings. The van der Waals surface area contributed by atoms with Crippen LogP contribution in [0.15, 0.2) is 72.3 Å². The van der Waals surface area contributed by atoms with E-state index in [9.17, 15) is 19.1 Å². The van der Waals surface area contributed by atoms with Crippen LogP contribution in [0, 0.1) is 5.82 Å². The molecule has 0 saturated carbocycles. The van der Waals surface area contributed by atoms with E-state index < -0.39 is 17.7 Å². The predicted octanol–water partition coefficient (Wildman–Crippen LogP) is 6.17. The van der Waals surface area contributed by atoms with Crippen LogP contribution < -0.4 is 9.47 Å². The number of aliphatic hydroxyl groups is 1. The van der Waals surface area contributed by atoms with Crippen LogP contribution in [0.4, 0.5) is 4.39 Å². The lowest BCUT2D eigenvalue weighted by Gasteiger charge is -2.26. The third kappa shape index (κ3) is 6.60. The van der Waals surface area contributed by atoms with Crippen molar-refractivity contribution in [2.45, 2.75) is 45.8 Å². The van der Waals surface area contributed by atoms with Gasteiger partial charge in [-0.25, -0.2) is 4.39 Å². The molecule has 7 nitrogen and oxygen atoms in total. The molecule has 1 amide bonds. The maximum atomic E-state index is 13.4. The number of halogens is 1. The quantitative estimate of drug-likeness (QED) is 0.181. The number of ether oxygens (including phenoxy) is 3. The Hall–Kier alpha value is -4.17. The number of aliphatic hydroxyl groups excluding tert-OH is 1. The number of hydrogen-bond donors (Lipinski definition) is 1. The highest BCUT2D eigenvalue weighted by molar-refractivity contribution is 6.46. The topological polar surface area (TPSA) is 85.3 Å². The van der Waals surface area contributed by atoms with Gasteiger partial charge in [-0.1, -0.05) is 45.0 Å². The standard InChI is InChI=1S/C33H36FNO6/c1-6-40-27-15-12-23(19-26(27)33(2,3)4)30(36)28-29(35(16-17-39-5)32(38)31(28)37)22-8-7-9-25(18-22)41-20-21-10-13-24(34)14-11-21/h7-15,18-19,29,36H,6,16-17,20H2,1-5H3/b30-28+. The molecule has 1 aliphatic heterocycles. The highest BCUT2D eigenvalue weighted by atomic mass is 19.1. The average Bonchev–Trinajstić information content (AvgIpc) is 3.20. The lowest BCUT2D eigenvalue weighted by atomic mass is 9.84. The van der Waals surface area contributed by atoms with Crippen molar-refractivity contribution in [3.63, 3.8) is 0 Å². The summed E-state index contributed by atoms with van der Waals surface area (Å²) in [5.74, 6) is -0.885. The van der Waals surface area contributed by atoms with Crippen molar-refractivity contribution >= 4 is 17.4 Å². The van der Waals surface area contributed by atoms with E-state index in [0.717, 1.165) is 11.1 Å². The molecule has 1 unspecified atom stereocenters. The van der Waals surface area contributed by atoms with Crippen LogP contribution in [-0.4, -0.2) is 48.6 Å². The van der Waals surface area contributed by atoms with Crippen molar-refractivity contribution < 1.29 is 33.3 Å². The van der Waals surface area contributed by atoms with Crippen molar-refractivity contribution in [3.05, 3.63) is 100 Å². The Balaban J connectivity index is 1.77. The fourth-order valence-electron chi connectivity index (χ4n) is 4.87. The minimum Gasteiger partial charge on any atom is -0.507 e. The number of carbonyl (C=O) groups excluding carboxylic acids is 2. The summed E-state index contributed by atoms with van der Waals surface area (Å²) in [5.41, 5.74) is 2.35. The molecule has 216 valence electrons. The summed E-state index contributed by atoms with van der Waals surface area (Å²) in [7, 11) is 1.52. The van der Waals surface area contributed by atoms with E-state index in [2.05, 4.69) is 0 Å². The Bertz CT molecular complexity index is 1440. The van der Waals surface area contributed by atoms with Gasteiger partial charge in [-0.15, -0.1) is 0 Å². The molecular weight excluding hydrogens is 525 g/mol. The molecule has 0 bridgehead atoms. The summed E-state index contributed by atoms with van der Waals surface area (Å²) in [6.45, 7) is 9.07. The van der Waals surface area contributed by atoms with Gasteiger partial charge in [0.15, 0.2) is 0 Å². The van der Waals surface area contributed by atoms with Crippen LogP contribution in [0.3, 0.4) is 0 Å². The Morgan fingerprint density at radius 2 is 1.73 bits per heavy atom. The van der Waals surface area contributed by atoms with Crippen molar-refractivity contribution in [2.24, 2.45) is 0 Å². The SMILES string of the molecule is CCOc1ccc(/C(O)=C2\C(=O)C(=O)N(CCOC)C2c2cccc(OCc3ccc(F)cc3)c2)cc1C(C)(C)C. The average molecular weight is 562 g/mol. The summed E-state index contributed by atoms with van der Waals surface area (Å²) in [6.07, 6.45) is 0. The van der Waals surface area contributed by atoms with Gasteiger partial charge in [0, 0.05) is 24.8 Å². The fourth-order valence-corrected chi connectivity index (χ4v) is 4.87. The summed E-state index contributed by atoms with van der Waals surface area (Å²) in [6, 6.07) is 17.5. The molecule has 3 aromatic carbocycles. The first kappa shape index (κ1) is 29.8. The maximum Gasteiger partial charge on any atom is 0.295 e. The molecule has 4 rings (SSSR count). The number of nitrogens with zero attached hydrogens (tertiary/aromatic N) is 1. The number of likely N-dealkylation sites (tertiary alicyclic amines) is 1. The predicted molar refractivity (Wildman–Crippen MR) is 154 cm³/mol. The van der Waals surface area contributed by atoms with Gasteiger partial charge in [-0.05, 0) is 65.9 Å². The minimum atomic E-state index is -0.857. The number of hydrogen-bond acceptors (Lipinski definition) is 6. The van der Waals surface area contributed by atoms with Gasteiger partial charge >= 0.3 is 0 Å². The number of carbonyl (C=O) groups is 2. The van der Waals surface area contributed by atoms with Crippen LogP contribution in [0.25, 0.3) is 5.76 Å². The van der Waals surface area contributed by atoms with Crippen molar-refractivity contribution in [1.82, 2.24) is 4.90 Å². The second kappa shape index (κ2) is 12.6. The normalized spacial score (nSPS) is 16.7. The molecule has 0 aliphatic carbocycles. The maximum absolute atomic E-state index is 13.4. The zero-order chi connectivity index (χ0) is 29.7. The molecule has 8 heteroatoms. The summed E-state index contributed by atoms with van der Waals surface area (Å²) in [4.78, 5) is 28.1. The molecule has 1 N–H and O–H groups in total. The van der Waals surface area contributed by atoms with Crippen LogP contribution in [0.2, 0.25) is 0 Å². The Kier molecular flexibility index (Phi) is 9.13. The van der Waals surface area contributed by atoms with Gasteiger partial charge in [-0.3, -0.25) is 9.59 Å². The van der Waals surface area contributed by atoms with E-state index in [1.54, 1.807) is 48.5 Å². The lowest BCUT2D eigenvalue weighted by Crippen LogP contribution is -2.32. The Labute approximate surface area is 240 Å². The van der Waals surface area contributed by atoms with Crippen LogP contribution in [0.5, 0.6) is 11.5 Å². The van der Waals surface area contributed by atoms with Crippen LogP contribution in [-0.2, 0) is 26.3 Å². The number of rotatable bonds is 10. The number of benzene rings is 3. The second-order valence-corrected chi connectivity index (χ2v) is 10.9. The van der Waals surface area contributed by atoms with E-state index in [4.69, 9.17) is 14.2 Å². The highest BCUT2D eigenvalue weighted by Gasteiger charge is 2.46. The van der Waals surface area contributed by atoms with Gasteiger partial charge in [0.05, 0.1) is 24.8 Å². The molecule has 1 aliphatic rings. The third-order valence-electron chi connectivity index (χ3n) is 6.93. The van der Waals surface area contributed by atoms with E-state index in [1.807, 2.05) is 33.8 Å². The van der Waals surface area contributed by atoms with E-state index >= 15 is 0 Å². The second-order valence-electron chi connectivity index (χ2n) is 10.9. The van der Waals surface area contributed by atoms with Gasteiger partial charge < -0.3 is 24.2 Å². The summed E-state index contributed by atoms with van der Waals surface area (Å²) >= 11 is 0. The van der Waals surface area contributed by atoms with E-state index in [-0.39, 0.29) is 42.3 Å². The number of Topliss-reactive ketones (excluding diaryl/α,β-unsaturated/α-hetero) is 1. The third-order valence-corrected chi connectivity index (χ3v) is 6.93. The van der Waals surface area contributed by atoms with Crippen molar-refractivity contribution in [2.75, 3.05) is 26.9 Å². The molecule has 1 heterocycles. The summed E-state index contributed by atoms with van der Waals surface area (Å²) in [5, 5.41) is 11.6. The fraction of sp³-hybridized carbons (Fsp3) is 0.333. The zero-order valence-corrected chi connectivity index (χ0v) is 24.1. The van der Waals surface area contributed by atoms with E-state index in [0.29, 0.717) is 29.2 Å². The van der Waals surface area contributed by atoms with Crippen LogP contribution in [0.1, 0.15) is 56.0 Å². The minimum absolute atomic E-state index is 0.00851. The van der Waals surface area contributed by atoms with Crippen molar-refractivity contribution in [3.8, 4) is 11.5 Å². The first-order valence-corrected chi connectivity index (χ1v) is 13.6. The molecule has 41 heavy (non-hydrogen) atoms. The molecular formula is C33H36FNO6. The van der Waals surface area contributed by atoms with Crippen LogP contribution >= 0.6 is 0 Å². The first-order chi connectivity index (χ1) is 19.5. The molecule has 0 aromatic heterocycles. The van der Waals surface area contributed by atoms with Crippen molar-refractivity contribution in [1.29, 1.82) is 0 Å². The van der Waals surface area contributed by atoms with E-state index in [1.165, 1.54) is 24.1 Å². The Morgan fingerprint density at radius 1 is 1.00 bits per heavy atom.